The highest BCUT2D eigenvalue weighted by Crippen LogP contribution is 2.17. The van der Waals surface area contributed by atoms with Crippen LogP contribution in [0.5, 0.6) is 0 Å². The molecule has 0 unspecified atom stereocenters. The smallest absolute Gasteiger partial charge is 0.266 e. The summed E-state index contributed by atoms with van der Waals surface area (Å²) in [5.74, 6) is 0.437. The molecule has 2 rings (SSSR count). The monoisotopic (exact) mass is 240 g/mol. The lowest BCUT2D eigenvalue weighted by molar-refractivity contribution is 0.484. The molecule has 1 aromatic heterocycles. The first-order valence-electron chi connectivity index (χ1n) is 4.81. The van der Waals surface area contributed by atoms with Crippen molar-refractivity contribution in [3.05, 3.63) is 30.3 Å². The van der Waals surface area contributed by atoms with E-state index < -0.39 is 10.1 Å². The summed E-state index contributed by atoms with van der Waals surface area (Å²) in [6, 6.07) is 9.63. The predicted molar refractivity (Wildman–Crippen MR) is 63.2 cm³/mol. The number of aromatic nitrogens is 1. The fourth-order valence-electron chi connectivity index (χ4n) is 1.48. The Morgan fingerprint density at radius 2 is 2.06 bits per heavy atom. The van der Waals surface area contributed by atoms with Crippen molar-refractivity contribution in [1.29, 1.82) is 0 Å². The number of benzene rings is 1. The van der Waals surface area contributed by atoms with E-state index >= 15 is 0 Å². The second-order valence-corrected chi connectivity index (χ2v) is 5.06. The third-order valence-corrected chi connectivity index (χ3v) is 2.93. The van der Waals surface area contributed by atoms with Crippen molar-refractivity contribution in [1.82, 2.24) is 4.98 Å². The number of para-hydroxylation sites is 1. The van der Waals surface area contributed by atoms with Gasteiger partial charge in [-0.05, 0) is 12.1 Å². The third kappa shape index (κ3) is 2.74. The minimum Gasteiger partial charge on any atom is -0.370 e. The number of nitrogens with one attached hydrogen (secondary N) is 2. The van der Waals surface area contributed by atoms with E-state index in [0.717, 1.165) is 16.7 Å². The molecule has 3 N–H and O–H groups in total. The Hall–Kier alpha value is -1.53. The third-order valence-electron chi connectivity index (χ3n) is 2.21. The van der Waals surface area contributed by atoms with Crippen molar-refractivity contribution in [2.24, 2.45) is 0 Å². The van der Waals surface area contributed by atoms with Crippen LogP contribution in [-0.2, 0) is 10.1 Å². The molecule has 0 saturated carbocycles. The number of fused-ring (bicyclic) bond motifs is 1. The standard InChI is InChI=1S/C10H12N2O3S/c13-16(14,15)6-5-11-10-7-8-3-1-2-4-9(8)12-10/h1-4,7,11-12H,5-6H2,(H,13,14,15). The highest BCUT2D eigenvalue weighted by atomic mass is 32.2. The molecule has 0 atom stereocenters. The molecule has 0 aliphatic carbocycles. The minimum absolute atomic E-state index is 0.172. The van der Waals surface area contributed by atoms with Gasteiger partial charge in [0.15, 0.2) is 0 Å². The highest BCUT2D eigenvalue weighted by Gasteiger charge is 2.04. The van der Waals surface area contributed by atoms with Gasteiger partial charge in [-0.3, -0.25) is 4.55 Å². The Bertz CT molecular complexity index is 556. The Balaban J connectivity index is 2.05. The Labute approximate surface area is 93.2 Å². The minimum atomic E-state index is -3.90. The van der Waals surface area contributed by atoms with Crippen LogP contribution in [0.2, 0.25) is 0 Å². The molecular weight excluding hydrogens is 228 g/mol. The molecule has 0 radical (unpaired) electrons. The molecule has 6 heteroatoms. The zero-order chi connectivity index (χ0) is 11.6. The SMILES string of the molecule is O=S(=O)(O)CCNc1cc2ccccc2[nH]1. The van der Waals surface area contributed by atoms with Gasteiger partial charge in [0.1, 0.15) is 5.82 Å². The maximum Gasteiger partial charge on any atom is 0.266 e. The molecule has 5 nitrogen and oxygen atoms in total. The van der Waals surface area contributed by atoms with Crippen LogP contribution in [0.15, 0.2) is 30.3 Å². The summed E-state index contributed by atoms with van der Waals surface area (Å²) in [5, 5.41) is 3.95. The van der Waals surface area contributed by atoms with Gasteiger partial charge in [-0.1, -0.05) is 18.2 Å². The largest absolute Gasteiger partial charge is 0.370 e. The Morgan fingerprint density at radius 1 is 1.31 bits per heavy atom. The van der Waals surface area contributed by atoms with Gasteiger partial charge in [0.05, 0.1) is 5.75 Å². The lowest BCUT2D eigenvalue weighted by atomic mass is 10.2. The first-order valence-corrected chi connectivity index (χ1v) is 6.42. The number of anilines is 1. The summed E-state index contributed by atoms with van der Waals surface area (Å²) in [6.07, 6.45) is 0. The second-order valence-electron chi connectivity index (χ2n) is 3.48. The molecular formula is C10H12N2O3S. The average molecular weight is 240 g/mol. The lowest BCUT2D eigenvalue weighted by Crippen LogP contribution is -2.14. The van der Waals surface area contributed by atoms with E-state index in [1.807, 2.05) is 30.3 Å². The maximum atomic E-state index is 10.5. The Kier molecular flexibility index (Phi) is 2.84. The van der Waals surface area contributed by atoms with Crippen LogP contribution in [0.3, 0.4) is 0 Å². The average Bonchev–Trinajstić information content (AvgIpc) is 2.57. The van der Waals surface area contributed by atoms with Crippen LogP contribution < -0.4 is 5.32 Å². The number of hydrogen-bond donors (Lipinski definition) is 3. The van der Waals surface area contributed by atoms with E-state index in [1.165, 1.54) is 0 Å². The molecule has 0 saturated heterocycles. The normalized spacial score (nSPS) is 11.8. The van der Waals surface area contributed by atoms with E-state index in [9.17, 15) is 8.42 Å². The van der Waals surface area contributed by atoms with Gasteiger partial charge in [-0.2, -0.15) is 8.42 Å². The molecule has 16 heavy (non-hydrogen) atoms. The Morgan fingerprint density at radius 3 is 2.75 bits per heavy atom. The van der Waals surface area contributed by atoms with Crippen molar-refractivity contribution in [3.8, 4) is 0 Å². The highest BCUT2D eigenvalue weighted by molar-refractivity contribution is 7.85. The van der Waals surface area contributed by atoms with Crippen molar-refractivity contribution in [3.63, 3.8) is 0 Å². The van der Waals surface area contributed by atoms with Crippen molar-refractivity contribution in [2.75, 3.05) is 17.6 Å². The lowest BCUT2D eigenvalue weighted by Gasteiger charge is -2.00. The molecule has 0 aliphatic heterocycles. The molecule has 2 aromatic rings. The summed E-state index contributed by atoms with van der Waals surface area (Å²) in [6.45, 7) is 0.172. The molecule has 1 heterocycles. The van der Waals surface area contributed by atoms with Crippen molar-refractivity contribution in [2.45, 2.75) is 0 Å². The van der Waals surface area contributed by atoms with Gasteiger partial charge in [0.2, 0.25) is 0 Å². The number of hydrogen-bond acceptors (Lipinski definition) is 3. The predicted octanol–water partition coefficient (Wildman–Crippen LogP) is 1.47. The van der Waals surface area contributed by atoms with Gasteiger partial charge < -0.3 is 10.3 Å². The first kappa shape index (κ1) is 11.0. The second kappa shape index (κ2) is 4.15. The van der Waals surface area contributed by atoms with E-state index in [1.54, 1.807) is 0 Å². The van der Waals surface area contributed by atoms with Gasteiger partial charge >= 0.3 is 0 Å². The maximum absolute atomic E-state index is 10.5. The molecule has 0 aliphatic rings. The fourth-order valence-corrected chi connectivity index (χ4v) is 1.84. The van der Waals surface area contributed by atoms with E-state index in [0.29, 0.717) is 0 Å². The van der Waals surface area contributed by atoms with Crippen LogP contribution in [0.25, 0.3) is 10.9 Å². The summed E-state index contributed by atoms with van der Waals surface area (Å²) in [5.41, 5.74) is 0.983. The molecule has 86 valence electrons. The van der Waals surface area contributed by atoms with Crippen LogP contribution in [0, 0.1) is 0 Å². The van der Waals surface area contributed by atoms with E-state index in [2.05, 4.69) is 10.3 Å². The summed E-state index contributed by atoms with van der Waals surface area (Å²) in [4.78, 5) is 3.09. The number of rotatable bonds is 4. The summed E-state index contributed by atoms with van der Waals surface area (Å²) < 4.78 is 29.6. The molecule has 0 amide bonds. The van der Waals surface area contributed by atoms with Gasteiger partial charge in [-0.25, -0.2) is 0 Å². The van der Waals surface area contributed by atoms with Gasteiger partial charge in [0, 0.05) is 17.4 Å². The zero-order valence-corrected chi connectivity index (χ0v) is 9.29. The molecule has 0 bridgehead atoms. The van der Waals surface area contributed by atoms with Gasteiger partial charge in [-0.15, -0.1) is 0 Å². The first-order chi connectivity index (χ1) is 7.54. The quantitative estimate of drug-likeness (QED) is 0.707. The van der Waals surface area contributed by atoms with Gasteiger partial charge in [0.25, 0.3) is 10.1 Å². The zero-order valence-electron chi connectivity index (χ0n) is 8.47. The molecule has 1 aromatic carbocycles. The fraction of sp³-hybridized carbons (Fsp3) is 0.200. The van der Waals surface area contributed by atoms with Crippen LogP contribution in [0.1, 0.15) is 0 Å². The van der Waals surface area contributed by atoms with E-state index in [-0.39, 0.29) is 12.3 Å². The van der Waals surface area contributed by atoms with Crippen molar-refractivity contribution >= 4 is 26.8 Å². The number of H-pyrrole nitrogens is 1. The topological polar surface area (TPSA) is 82.2 Å². The van der Waals surface area contributed by atoms with Crippen molar-refractivity contribution < 1.29 is 13.0 Å². The van der Waals surface area contributed by atoms with Crippen LogP contribution in [-0.4, -0.2) is 30.3 Å². The van der Waals surface area contributed by atoms with Crippen LogP contribution in [0.4, 0.5) is 5.82 Å². The van der Waals surface area contributed by atoms with E-state index in [4.69, 9.17) is 4.55 Å². The number of aromatic amines is 1. The molecule has 0 fully saturated rings. The summed E-state index contributed by atoms with van der Waals surface area (Å²) in [7, 11) is -3.90. The van der Waals surface area contributed by atoms with Crippen LogP contribution >= 0.6 is 0 Å². The molecule has 0 spiro atoms. The summed E-state index contributed by atoms with van der Waals surface area (Å²) >= 11 is 0.